The number of hydrogen-bond donors (Lipinski definition) is 1. The molecule has 26 heavy (non-hydrogen) atoms. The summed E-state index contributed by atoms with van der Waals surface area (Å²) in [5.74, 6) is 0.305. The third kappa shape index (κ3) is 4.47. The van der Waals surface area contributed by atoms with Gasteiger partial charge in [-0.1, -0.05) is 18.2 Å². The van der Waals surface area contributed by atoms with Gasteiger partial charge in [-0.05, 0) is 12.1 Å². The number of ether oxygens (including phenoxy) is 2. The van der Waals surface area contributed by atoms with Crippen molar-refractivity contribution in [2.75, 3.05) is 19.0 Å². The second-order valence-corrected chi connectivity index (χ2v) is 6.88. The summed E-state index contributed by atoms with van der Waals surface area (Å²) in [6, 6.07) is 7.67. The van der Waals surface area contributed by atoms with E-state index in [0.717, 1.165) is 16.3 Å². The highest BCUT2D eigenvalue weighted by molar-refractivity contribution is 7.14. The summed E-state index contributed by atoms with van der Waals surface area (Å²) < 4.78 is 10.5. The van der Waals surface area contributed by atoms with Crippen molar-refractivity contribution in [2.45, 2.75) is 6.61 Å². The van der Waals surface area contributed by atoms with E-state index in [1.807, 2.05) is 29.6 Å². The van der Waals surface area contributed by atoms with Gasteiger partial charge in [0, 0.05) is 22.9 Å². The Hall–Kier alpha value is -2.71. The van der Waals surface area contributed by atoms with Crippen molar-refractivity contribution >= 4 is 33.8 Å². The van der Waals surface area contributed by atoms with Gasteiger partial charge in [0.05, 0.1) is 12.8 Å². The average molecular weight is 387 g/mol. The first-order valence-corrected chi connectivity index (χ1v) is 9.52. The minimum absolute atomic E-state index is 0.103. The maximum Gasteiger partial charge on any atom is 0.358 e. The number of rotatable bonds is 8. The quantitative estimate of drug-likeness (QED) is 0.461. The summed E-state index contributed by atoms with van der Waals surface area (Å²) in [7, 11) is 1.63. The van der Waals surface area contributed by atoms with Gasteiger partial charge in [-0.2, -0.15) is 0 Å². The van der Waals surface area contributed by atoms with Gasteiger partial charge >= 0.3 is 5.97 Å². The molecule has 0 saturated carbocycles. The van der Waals surface area contributed by atoms with E-state index in [0.29, 0.717) is 17.4 Å². The summed E-state index contributed by atoms with van der Waals surface area (Å²) in [6.07, 6.45) is 1.72. The maximum atomic E-state index is 12.1. The number of nitrogens with one attached hydrogen (secondary N) is 1. The van der Waals surface area contributed by atoms with E-state index in [1.54, 1.807) is 18.6 Å². The monoisotopic (exact) mass is 387 g/mol. The highest BCUT2D eigenvalue weighted by atomic mass is 32.1. The molecule has 0 saturated heterocycles. The summed E-state index contributed by atoms with van der Waals surface area (Å²) in [6.45, 7) is 4.32. The second kappa shape index (κ2) is 8.59. The number of anilines is 1. The zero-order valence-corrected chi connectivity index (χ0v) is 15.7. The van der Waals surface area contributed by atoms with Crippen molar-refractivity contribution in [1.82, 2.24) is 9.97 Å². The Labute approximate surface area is 159 Å². The number of benzene rings is 1. The Morgan fingerprint density at radius 3 is 3.00 bits per heavy atom. The van der Waals surface area contributed by atoms with E-state index in [4.69, 9.17) is 9.47 Å². The number of aromatic nitrogens is 2. The Balaban J connectivity index is 1.59. The molecule has 2 aromatic heterocycles. The van der Waals surface area contributed by atoms with E-state index in [1.165, 1.54) is 22.7 Å². The van der Waals surface area contributed by atoms with Gasteiger partial charge < -0.3 is 14.8 Å². The number of nitrogens with zero attached hydrogens (tertiary/aromatic N) is 2. The van der Waals surface area contributed by atoms with Crippen LogP contribution in [0, 0.1) is 0 Å². The van der Waals surface area contributed by atoms with Crippen molar-refractivity contribution in [3.8, 4) is 16.3 Å². The van der Waals surface area contributed by atoms with Crippen LogP contribution in [0.15, 0.2) is 47.7 Å². The highest BCUT2D eigenvalue weighted by Gasteiger charge is 2.13. The molecule has 1 aromatic carbocycles. The van der Waals surface area contributed by atoms with Crippen LogP contribution in [0.2, 0.25) is 0 Å². The fraction of sp³-hybridized carbons (Fsp3) is 0.167. The largest absolute Gasteiger partial charge is 0.497 e. The first-order chi connectivity index (χ1) is 12.7. The predicted octanol–water partition coefficient (Wildman–Crippen LogP) is 4.23. The van der Waals surface area contributed by atoms with E-state index in [9.17, 15) is 4.79 Å². The van der Waals surface area contributed by atoms with Crippen molar-refractivity contribution in [3.63, 3.8) is 0 Å². The Morgan fingerprint density at radius 2 is 2.19 bits per heavy atom. The molecule has 0 radical (unpaired) electrons. The smallest absolute Gasteiger partial charge is 0.358 e. The first kappa shape index (κ1) is 18.1. The fourth-order valence-electron chi connectivity index (χ4n) is 2.08. The SMILES string of the molecule is C=CCNc1nc(C(=O)OCc2csc(-c3cccc(OC)c3)n2)cs1. The van der Waals surface area contributed by atoms with Gasteiger partial charge in [-0.3, -0.25) is 0 Å². The number of methoxy groups -OCH3 is 1. The van der Waals surface area contributed by atoms with Gasteiger partial charge in [-0.15, -0.1) is 29.3 Å². The topological polar surface area (TPSA) is 73.3 Å². The molecule has 0 aliphatic rings. The Morgan fingerprint density at radius 1 is 1.31 bits per heavy atom. The summed E-state index contributed by atoms with van der Waals surface area (Å²) >= 11 is 2.84. The molecular formula is C18H17N3O3S2. The average Bonchev–Trinajstić information content (AvgIpc) is 3.34. The molecule has 1 N–H and O–H groups in total. The third-order valence-corrected chi connectivity index (χ3v) is 5.07. The number of hydrogen-bond acceptors (Lipinski definition) is 8. The molecule has 0 atom stereocenters. The molecule has 3 aromatic rings. The summed E-state index contributed by atoms with van der Waals surface area (Å²) in [4.78, 5) is 20.8. The number of carbonyl (C=O) groups is 1. The van der Waals surface area contributed by atoms with Crippen molar-refractivity contribution in [3.05, 3.63) is 59.1 Å². The molecule has 0 amide bonds. The molecule has 8 heteroatoms. The normalized spacial score (nSPS) is 10.3. The van der Waals surface area contributed by atoms with E-state index in [-0.39, 0.29) is 12.3 Å². The standard InChI is InChI=1S/C18H17N3O3S2/c1-3-7-19-18-21-15(11-26-18)17(22)24-9-13-10-25-16(20-13)12-5-4-6-14(8-12)23-2/h3-6,8,10-11H,1,7,9H2,2H3,(H,19,21). The van der Waals surface area contributed by atoms with Crippen LogP contribution >= 0.6 is 22.7 Å². The van der Waals surface area contributed by atoms with Crippen LogP contribution in [-0.4, -0.2) is 29.6 Å². The van der Waals surface area contributed by atoms with Crippen molar-refractivity contribution in [1.29, 1.82) is 0 Å². The third-order valence-electron chi connectivity index (χ3n) is 3.33. The van der Waals surface area contributed by atoms with Crippen LogP contribution in [0.3, 0.4) is 0 Å². The molecule has 2 heterocycles. The van der Waals surface area contributed by atoms with Gasteiger partial charge in [0.2, 0.25) is 0 Å². The van der Waals surface area contributed by atoms with E-state index < -0.39 is 5.97 Å². The van der Waals surface area contributed by atoms with Crippen molar-refractivity contribution < 1.29 is 14.3 Å². The molecule has 0 aliphatic carbocycles. The lowest BCUT2D eigenvalue weighted by atomic mass is 10.2. The number of esters is 1. The maximum absolute atomic E-state index is 12.1. The Bertz CT molecular complexity index is 904. The zero-order valence-electron chi connectivity index (χ0n) is 14.1. The molecule has 6 nitrogen and oxygen atoms in total. The number of carbonyl (C=O) groups excluding carboxylic acids is 1. The lowest BCUT2D eigenvalue weighted by Gasteiger charge is -2.02. The molecular weight excluding hydrogens is 370 g/mol. The molecule has 134 valence electrons. The van der Waals surface area contributed by atoms with Crippen LogP contribution < -0.4 is 10.1 Å². The van der Waals surface area contributed by atoms with Crippen molar-refractivity contribution in [2.24, 2.45) is 0 Å². The first-order valence-electron chi connectivity index (χ1n) is 7.76. The van der Waals surface area contributed by atoms with Gasteiger partial charge in [0.15, 0.2) is 10.8 Å². The minimum Gasteiger partial charge on any atom is -0.497 e. The van der Waals surface area contributed by atoms with E-state index >= 15 is 0 Å². The lowest BCUT2D eigenvalue weighted by Crippen LogP contribution is -2.06. The van der Waals surface area contributed by atoms with Crippen LogP contribution in [0.5, 0.6) is 5.75 Å². The van der Waals surface area contributed by atoms with Crippen LogP contribution in [0.25, 0.3) is 10.6 Å². The molecule has 0 aliphatic heterocycles. The predicted molar refractivity (Wildman–Crippen MR) is 104 cm³/mol. The van der Waals surface area contributed by atoms with Gasteiger partial charge in [0.25, 0.3) is 0 Å². The van der Waals surface area contributed by atoms with Crippen LogP contribution in [-0.2, 0) is 11.3 Å². The van der Waals surface area contributed by atoms with E-state index in [2.05, 4.69) is 21.9 Å². The second-order valence-electron chi connectivity index (χ2n) is 5.16. The van der Waals surface area contributed by atoms with Crippen LogP contribution in [0.1, 0.15) is 16.2 Å². The highest BCUT2D eigenvalue weighted by Crippen LogP contribution is 2.27. The molecule has 0 spiro atoms. The minimum atomic E-state index is -0.469. The Kier molecular flexibility index (Phi) is 5.98. The summed E-state index contributed by atoms with van der Waals surface area (Å²) in [5.41, 5.74) is 1.94. The molecule has 0 fully saturated rings. The van der Waals surface area contributed by atoms with Crippen LogP contribution in [0.4, 0.5) is 5.13 Å². The molecule has 0 bridgehead atoms. The van der Waals surface area contributed by atoms with Gasteiger partial charge in [0.1, 0.15) is 17.4 Å². The zero-order chi connectivity index (χ0) is 18.4. The molecule has 0 unspecified atom stereocenters. The fourth-order valence-corrected chi connectivity index (χ4v) is 3.57. The lowest BCUT2D eigenvalue weighted by molar-refractivity contribution is 0.0462. The number of thiazole rings is 2. The summed E-state index contributed by atoms with van der Waals surface area (Å²) in [5, 5.41) is 8.08. The molecule has 3 rings (SSSR count). The van der Waals surface area contributed by atoms with Gasteiger partial charge in [-0.25, -0.2) is 14.8 Å².